The van der Waals surface area contributed by atoms with Gasteiger partial charge in [-0.05, 0) is 44.9 Å². The van der Waals surface area contributed by atoms with Crippen LogP contribution in [-0.2, 0) is 15.0 Å². The van der Waals surface area contributed by atoms with Gasteiger partial charge in [-0.25, -0.2) is 0 Å². The molecular formula is C30H35N2O3+. The lowest BCUT2D eigenvalue weighted by atomic mass is 9.81. The standard InChI is InChI=1S/C30H34N2O3/c1-24(33)31(25-16-8-6-9-17-25)22-14-5-4-10-20-28-30(2,3)26-18-12-13-19-27(26)32(28)23-15-7-11-21-29(34)35/h4-6,8-10,12-14,16-20,22H,7,11,15,21,23H2,1-3H3/p+1. The van der Waals surface area contributed by atoms with Crippen molar-refractivity contribution in [2.24, 2.45) is 0 Å². The van der Waals surface area contributed by atoms with Gasteiger partial charge < -0.3 is 5.11 Å². The number of hydrogen-bond donors (Lipinski definition) is 1. The Morgan fingerprint density at radius 3 is 2.31 bits per heavy atom. The van der Waals surface area contributed by atoms with Crippen molar-refractivity contribution in [3.63, 3.8) is 0 Å². The van der Waals surface area contributed by atoms with E-state index < -0.39 is 5.97 Å². The number of carboxylic acid groups (broad SMARTS) is 1. The summed E-state index contributed by atoms with van der Waals surface area (Å²) in [5.74, 6) is -0.778. The summed E-state index contributed by atoms with van der Waals surface area (Å²) in [6.45, 7) is 6.88. The molecule has 0 aromatic heterocycles. The van der Waals surface area contributed by atoms with Crippen LogP contribution in [0.5, 0.6) is 0 Å². The van der Waals surface area contributed by atoms with E-state index in [1.54, 1.807) is 18.0 Å². The number of aliphatic carboxylic acids is 1. The van der Waals surface area contributed by atoms with Crippen LogP contribution < -0.4 is 4.90 Å². The van der Waals surface area contributed by atoms with Gasteiger partial charge in [0.25, 0.3) is 0 Å². The number of nitrogens with zero attached hydrogens (tertiary/aromatic N) is 2. The zero-order valence-corrected chi connectivity index (χ0v) is 20.9. The summed E-state index contributed by atoms with van der Waals surface area (Å²) in [6.07, 6.45) is 14.5. The highest BCUT2D eigenvalue weighted by atomic mass is 16.4. The van der Waals surface area contributed by atoms with Gasteiger partial charge in [-0.2, -0.15) is 4.58 Å². The normalized spacial score (nSPS) is 14.8. The summed E-state index contributed by atoms with van der Waals surface area (Å²) in [6, 6.07) is 18.1. The van der Waals surface area contributed by atoms with Crippen LogP contribution in [0.2, 0.25) is 0 Å². The second-order valence-corrected chi connectivity index (χ2v) is 9.19. The molecule has 0 fully saturated rings. The third-order valence-electron chi connectivity index (χ3n) is 6.27. The zero-order chi connectivity index (χ0) is 25.3. The Balaban J connectivity index is 1.74. The van der Waals surface area contributed by atoms with E-state index in [0.717, 1.165) is 25.1 Å². The quantitative estimate of drug-likeness (QED) is 0.235. The molecule has 35 heavy (non-hydrogen) atoms. The fourth-order valence-corrected chi connectivity index (χ4v) is 4.48. The number of hydrogen-bond acceptors (Lipinski definition) is 2. The van der Waals surface area contributed by atoms with Crippen LogP contribution in [0.15, 0.2) is 91.2 Å². The first-order chi connectivity index (χ1) is 16.8. The Bertz CT molecular complexity index is 1160. The predicted molar refractivity (Wildman–Crippen MR) is 142 cm³/mol. The van der Waals surface area contributed by atoms with Crippen molar-refractivity contribution in [1.82, 2.24) is 0 Å². The summed E-state index contributed by atoms with van der Waals surface area (Å²) in [4.78, 5) is 24.4. The third-order valence-corrected chi connectivity index (χ3v) is 6.27. The molecule has 0 saturated carbocycles. The van der Waals surface area contributed by atoms with Gasteiger partial charge in [0.1, 0.15) is 6.54 Å². The number of benzene rings is 2. The van der Waals surface area contributed by atoms with E-state index in [0.29, 0.717) is 6.42 Å². The average molecular weight is 472 g/mol. The fraction of sp³-hybridized carbons (Fsp3) is 0.300. The van der Waals surface area contributed by atoms with Crippen molar-refractivity contribution < 1.29 is 19.3 Å². The van der Waals surface area contributed by atoms with Gasteiger partial charge in [-0.1, -0.05) is 54.6 Å². The van der Waals surface area contributed by atoms with Gasteiger partial charge in [-0.3, -0.25) is 14.5 Å². The van der Waals surface area contributed by atoms with Crippen LogP contribution in [0, 0.1) is 0 Å². The van der Waals surface area contributed by atoms with Crippen LogP contribution in [0.3, 0.4) is 0 Å². The number of anilines is 1. The highest BCUT2D eigenvalue weighted by Crippen LogP contribution is 2.39. The number of fused-ring (bicyclic) bond motifs is 1. The first-order valence-electron chi connectivity index (χ1n) is 12.1. The largest absolute Gasteiger partial charge is 0.481 e. The number of amides is 1. The van der Waals surface area contributed by atoms with Gasteiger partial charge in [0.05, 0.1) is 5.41 Å². The Morgan fingerprint density at radius 2 is 1.60 bits per heavy atom. The molecule has 1 N–H and O–H groups in total. The lowest BCUT2D eigenvalue weighted by molar-refractivity contribution is -0.438. The number of rotatable bonds is 11. The third kappa shape index (κ3) is 6.66. The first kappa shape index (κ1) is 25.9. The Kier molecular flexibility index (Phi) is 8.96. The van der Waals surface area contributed by atoms with E-state index in [-0.39, 0.29) is 17.7 Å². The van der Waals surface area contributed by atoms with Crippen molar-refractivity contribution in [3.8, 4) is 0 Å². The Morgan fingerprint density at radius 1 is 0.914 bits per heavy atom. The lowest BCUT2D eigenvalue weighted by Crippen LogP contribution is -2.27. The molecule has 0 atom stereocenters. The van der Waals surface area contributed by atoms with Gasteiger partial charge in [0.15, 0.2) is 5.71 Å². The summed E-state index contributed by atoms with van der Waals surface area (Å²) < 4.78 is 2.36. The molecular weight excluding hydrogens is 436 g/mol. The minimum atomic E-state index is -0.733. The molecule has 3 rings (SSSR count). The molecule has 1 amide bonds. The lowest BCUT2D eigenvalue weighted by Gasteiger charge is -2.15. The van der Waals surface area contributed by atoms with E-state index in [1.165, 1.54) is 17.0 Å². The van der Waals surface area contributed by atoms with Crippen molar-refractivity contribution in [3.05, 3.63) is 96.7 Å². The molecule has 0 unspecified atom stereocenters. The number of carboxylic acids is 1. The van der Waals surface area contributed by atoms with Gasteiger partial charge >= 0.3 is 5.97 Å². The van der Waals surface area contributed by atoms with E-state index in [1.807, 2.05) is 54.6 Å². The van der Waals surface area contributed by atoms with Gasteiger partial charge in [0, 0.05) is 49.4 Å². The maximum atomic E-state index is 12.0. The van der Waals surface area contributed by atoms with Gasteiger partial charge in [-0.15, -0.1) is 0 Å². The highest BCUT2D eigenvalue weighted by molar-refractivity contribution is 6.03. The van der Waals surface area contributed by atoms with Crippen molar-refractivity contribution >= 4 is 29.0 Å². The van der Waals surface area contributed by atoms with Crippen molar-refractivity contribution in [2.75, 3.05) is 11.4 Å². The number of para-hydroxylation sites is 2. The molecule has 2 aromatic rings. The minimum absolute atomic E-state index is 0.0450. The molecule has 0 saturated heterocycles. The van der Waals surface area contributed by atoms with E-state index in [4.69, 9.17) is 5.11 Å². The fourth-order valence-electron chi connectivity index (χ4n) is 4.48. The molecule has 1 aliphatic heterocycles. The zero-order valence-electron chi connectivity index (χ0n) is 20.9. The Hall–Kier alpha value is -3.73. The number of carbonyl (C=O) groups excluding carboxylic acids is 1. The monoisotopic (exact) mass is 471 g/mol. The highest BCUT2D eigenvalue weighted by Gasteiger charge is 2.43. The Labute approximate surface area is 208 Å². The second kappa shape index (κ2) is 12.1. The van der Waals surface area contributed by atoms with E-state index >= 15 is 0 Å². The number of unbranched alkanes of at least 4 members (excludes halogenated alkanes) is 2. The summed E-state index contributed by atoms with van der Waals surface area (Å²) in [5.41, 5.74) is 4.45. The maximum Gasteiger partial charge on any atom is 0.303 e. The van der Waals surface area contributed by atoms with Crippen LogP contribution in [0.4, 0.5) is 11.4 Å². The van der Waals surface area contributed by atoms with E-state index in [2.05, 4.69) is 48.8 Å². The molecule has 182 valence electrons. The van der Waals surface area contributed by atoms with Crippen LogP contribution in [0.25, 0.3) is 0 Å². The second-order valence-electron chi connectivity index (χ2n) is 9.19. The molecule has 0 bridgehead atoms. The maximum absolute atomic E-state index is 12.0. The molecule has 1 heterocycles. The van der Waals surface area contributed by atoms with Gasteiger partial charge in [0.2, 0.25) is 11.6 Å². The molecule has 2 aromatic carbocycles. The summed E-state index contributed by atoms with van der Waals surface area (Å²) >= 11 is 0. The molecule has 5 nitrogen and oxygen atoms in total. The summed E-state index contributed by atoms with van der Waals surface area (Å²) in [5, 5.41) is 8.89. The molecule has 1 aliphatic rings. The summed E-state index contributed by atoms with van der Waals surface area (Å²) in [7, 11) is 0. The van der Waals surface area contributed by atoms with Crippen molar-refractivity contribution in [1.29, 1.82) is 0 Å². The van der Waals surface area contributed by atoms with Crippen LogP contribution in [-0.4, -0.2) is 33.8 Å². The first-order valence-corrected chi connectivity index (χ1v) is 12.1. The van der Waals surface area contributed by atoms with Crippen molar-refractivity contribution in [2.45, 2.75) is 51.9 Å². The van der Waals surface area contributed by atoms with Crippen LogP contribution in [0.1, 0.15) is 52.0 Å². The molecule has 5 heteroatoms. The van der Waals surface area contributed by atoms with E-state index in [9.17, 15) is 9.59 Å². The topological polar surface area (TPSA) is 60.6 Å². The predicted octanol–water partition coefficient (Wildman–Crippen LogP) is 6.39. The van der Waals surface area contributed by atoms with Crippen LogP contribution >= 0.6 is 0 Å². The SMILES string of the molecule is CC(=O)N(/C=C/C=C/C=C/C1=[N+](CCCCCC(=O)O)c2ccccc2C1(C)C)c1ccccc1. The molecule has 0 spiro atoms. The molecule has 0 aliphatic carbocycles. The average Bonchev–Trinajstić information content (AvgIpc) is 3.04. The number of carbonyl (C=O) groups is 2. The molecule has 0 radical (unpaired) electrons. The minimum Gasteiger partial charge on any atom is -0.481 e. The smallest absolute Gasteiger partial charge is 0.303 e. The number of allylic oxidation sites excluding steroid dienone is 5.